The van der Waals surface area contributed by atoms with Crippen LogP contribution < -0.4 is 15.6 Å². The summed E-state index contributed by atoms with van der Waals surface area (Å²) in [5.41, 5.74) is 7.95. The van der Waals surface area contributed by atoms with Gasteiger partial charge in [0, 0.05) is 36.0 Å². The van der Waals surface area contributed by atoms with E-state index < -0.39 is 11.6 Å². The average molecular weight is 326 g/mol. The molecular weight excluding hydrogens is 310 g/mol. The quantitative estimate of drug-likeness (QED) is 0.634. The predicted molar refractivity (Wildman–Crippen MR) is 89.8 cm³/mol. The lowest BCUT2D eigenvalue weighted by atomic mass is 10.2. The SMILES string of the molecule is Fc1cc(F)cc(Oc2ccccc2CNNc2ccccc2)c1. The zero-order chi connectivity index (χ0) is 16.8. The first-order valence-corrected chi connectivity index (χ1v) is 7.46. The third-order valence-electron chi connectivity index (χ3n) is 3.32. The molecule has 0 heterocycles. The maximum atomic E-state index is 13.3. The summed E-state index contributed by atoms with van der Waals surface area (Å²) in [4.78, 5) is 0. The number of hydrazine groups is 1. The fourth-order valence-corrected chi connectivity index (χ4v) is 2.23. The highest BCUT2D eigenvalue weighted by Gasteiger charge is 2.07. The van der Waals surface area contributed by atoms with Crippen LogP contribution in [0, 0.1) is 11.6 Å². The zero-order valence-corrected chi connectivity index (χ0v) is 12.8. The second-order valence-corrected chi connectivity index (χ2v) is 5.16. The van der Waals surface area contributed by atoms with Crippen molar-refractivity contribution >= 4 is 5.69 Å². The van der Waals surface area contributed by atoms with E-state index in [1.54, 1.807) is 12.1 Å². The molecule has 0 saturated heterocycles. The third-order valence-corrected chi connectivity index (χ3v) is 3.32. The first-order chi connectivity index (χ1) is 11.7. The summed E-state index contributed by atoms with van der Waals surface area (Å²) in [6, 6.07) is 20.1. The zero-order valence-electron chi connectivity index (χ0n) is 12.8. The third kappa shape index (κ3) is 4.30. The van der Waals surface area contributed by atoms with Crippen LogP contribution in [0.5, 0.6) is 11.5 Å². The van der Waals surface area contributed by atoms with E-state index in [4.69, 9.17) is 4.74 Å². The first-order valence-electron chi connectivity index (χ1n) is 7.46. The number of hydrogen-bond donors (Lipinski definition) is 2. The molecule has 0 aromatic heterocycles. The van der Waals surface area contributed by atoms with Crippen molar-refractivity contribution in [2.45, 2.75) is 6.54 Å². The molecular formula is C19H16F2N2O. The molecule has 3 nitrogen and oxygen atoms in total. The maximum Gasteiger partial charge on any atom is 0.133 e. The topological polar surface area (TPSA) is 33.3 Å². The fourth-order valence-electron chi connectivity index (χ4n) is 2.23. The lowest BCUT2D eigenvalue weighted by Crippen LogP contribution is -2.21. The Morgan fingerprint density at radius 2 is 1.46 bits per heavy atom. The van der Waals surface area contributed by atoms with Crippen LogP contribution in [0.25, 0.3) is 0 Å². The number of para-hydroxylation sites is 2. The van der Waals surface area contributed by atoms with E-state index in [-0.39, 0.29) is 5.75 Å². The van der Waals surface area contributed by atoms with Crippen molar-refractivity contribution in [3.05, 3.63) is 90.0 Å². The molecule has 0 bridgehead atoms. The van der Waals surface area contributed by atoms with Crippen LogP contribution in [0.15, 0.2) is 72.8 Å². The summed E-state index contributed by atoms with van der Waals surface area (Å²) in [6.45, 7) is 0.475. The molecule has 24 heavy (non-hydrogen) atoms. The second kappa shape index (κ2) is 7.57. The summed E-state index contributed by atoms with van der Waals surface area (Å²) < 4.78 is 32.2. The molecule has 3 aromatic carbocycles. The van der Waals surface area contributed by atoms with Gasteiger partial charge < -0.3 is 10.2 Å². The molecule has 2 N–H and O–H groups in total. The van der Waals surface area contributed by atoms with Gasteiger partial charge in [-0.2, -0.15) is 0 Å². The Morgan fingerprint density at radius 3 is 2.21 bits per heavy atom. The Bertz CT molecular complexity index is 789. The van der Waals surface area contributed by atoms with E-state index in [0.717, 1.165) is 29.4 Å². The van der Waals surface area contributed by atoms with Crippen molar-refractivity contribution in [2.75, 3.05) is 5.43 Å². The van der Waals surface area contributed by atoms with Crippen molar-refractivity contribution < 1.29 is 13.5 Å². The highest BCUT2D eigenvalue weighted by molar-refractivity contribution is 5.42. The summed E-state index contributed by atoms with van der Waals surface area (Å²) in [5, 5.41) is 0. The molecule has 0 aliphatic heterocycles. The molecule has 0 spiro atoms. The lowest BCUT2D eigenvalue weighted by molar-refractivity contribution is 0.461. The molecule has 0 atom stereocenters. The van der Waals surface area contributed by atoms with E-state index in [0.29, 0.717) is 12.3 Å². The summed E-state index contributed by atoms with van der Waals surface area (Å²) in [5.74, 6) is -0.696. The van der Waals surface area contributed by atoms with E-state index in [2.05, 4.69) is 10.9 Å². The number of rotatable bonds is 6. The van der Waals surface area contributed by atoms with Gasteiger partial charge in [0.1, 0.15) is 23.1 Å². The summed E-state index contributed by atoms with van der Waals surface area (Å²) in [6.07, 6.45) is 0. The van der Waals surface area contributed by atoms with Gasteiger partial charge in [-0.3, -0.25) is 0 Å². The molecule has 3 aromatic rings. The van der Waals surface area contributed by atoms with Crippen molar-refractivity contribution in [1.29, 1.82) is 0 Å². The van der Waals surface area contributed by atoms with Gasteiger partial charge in [-0.25, -0.2) is 14.2 Å². The van der Waals surface area contributed by atoms with Gasteiger partial charge >= 0.3 is 0 Å². The van der Waals surface area contributed by atoms with Gasteiger partial charge in [-0.05, 0) is 18.2 Å². The number of ether oxygens (including phenoxy) is 1. The molecule has 0 aliphatic carbocycles. The van der Waals surface area contributed by atoms with Crippen molar-refractivity contribution in [2.24, 2.45) is 0 Å². The number of nitrogens with one attached hydrogen (secondary N) is 2. The molecule has 0 radical (unpaired) electrons. The van der Waals surface area contributed by atoms with Crippen LogP contribution >= 0.6 is 0 Å². The Labute approximate surface area is 138 Å². The predicted octanol–water partition coefficient (Wildman–Crippen LogP) is 4.87. The minimum atomic E-state index is -0.675. The highest BCUT2D eigenvalue weighted by Crippen LogP contribution is 2.26. The monoisotopic (exact) mass is 326 g/mol. The Morgan fingerprint density at radius 1 is 0.792 bits per heavy atom. The van der Waals surface area contributed by atoms with Crippen LogP contribution in [-0.4, -0.2) is 0 Å². The molecule has 0 fully saturated rings. The Hall–Kier alpha value is -2.92. The van der Waals surface area contributed by atoms with Crippen molar-refractivity contribution in [3.8, 4) is 11.5 Å². The smallest absolute Gasteiger partial charge is 0.133 e. The van der Waals surface area contributed by atoms with Crippen LogP contribution in [0.4, 0.5) is 14.5 Å². The summed E-state index contributed by atoms with van der Waals surface area (Å²) >= 11 is 0. The second-order valence-electron chi connectivity index (χ2n) is 5.16. The Balaban J connectivity index is 1.68. The molecule has 0 unspecified atom stereocenters. The maximum absolute atomic E-state index is 13.3. The van der Waals surface area contributed by atoms with Gasteiger partial charge in [-0.1, -0.05) is 36.4 Å². The van der Waals surface area contributed by atoms with E-state index in [1.807, 2.05) is 42.5 Å². The minimum Gasteiger partial charge on any atom is -0.457 e. The molecule has 0 aliphatic rings. The molecule has 5 heteroatoms. The van der Waals surface area contributed by atoms with Crippen molar-refractivity contribution in [3.63, 3.8) is 0 Å². The van der Waals surface area contributed by atoms with Gasteiger partial charge in [-0.15, -0.1) is 0 Å². The van der Waals surface area contributed by atoms with Crippen LogP contribution in [0.2, 0.25) is 0 Å². The van der Waals surface area contributed by atoms with E-state index >= 15 is 0 Å². The van der Waals surface area contributed by atoms with E-state index in [9.17, 15) is 8.78 Å². The largest absolute Gasteiger partial charge is 0.457 e. The van der Waals surface area contributed by atoms with Gasteiger partial charge in [0.05, 0.1) is 0 Å². The van der Waals surface area contributed by atoms with E-state index in [1.165, 1.54) is 0 Å². The number of hydrogen-bond acceptors (Lipinski definition) is 3. The van der Waals surface area contributed by atoms with Crippen LogP contribution in [0.3, 0.4) is 0 Å². The molecule has 122 valence electrons. The van der Waals surface area contributed by atoms with Gasteiger partial charge in [0.15, 0.2) is 0 Å². The minimum absolute atomic E-state index is 0.121. The standard InChI is InChI=1S/C19H16F2N2O/c20-15-10-16(21)12-18(11-15)24-19-9-5-4-6-14(19)13-22-23-17-7-2-1-3-8-17/h1-12,22-23H,13H2. The molecule has 0 amide bonds. The normalized spacial score (nSPS) is 10.4. The van der Waals surface area contributed by atoms with Gasteiger partial charge in [0.25, 0.3) is 0 Å². The highest BCUT2D eigenvalue weighted by atomic mass is 19.1. The first kappa shape index (κ1) is 16.0. The fraction of sp³-hybridized carbons (Fsp3) is 0.0526. The number of halogens is 2. The van der Waals surface area contributed by atoms with Crippen LogP contribution in [0.1, 0.15) is 5.56 Å². The summed E-state index contributed by atoms with van der Waals surface area (Å²) in [7, 11) is 0. The average Bonchev–Trinajstić information content (AvgIpc) is 2.56. The van der Waals surface area contributed by atoms with Gasteiger partial charge in [0.2, 0.25) is 0 Å². The lowest BCUT2D eigenvalue weighted by Gasteiger charge is -2.13. The Kier molecular flexibility index (Phi) is 5.03. The number of anilines is 1. The van der Waals surface area contributed by atoms with Crippen LogP contribution in [-0.2, 0) is 6.54 Å². The molecule has 0 saturated carbocycles. The van der Waals surface area contributed by atoms with Crippen molar-refractivity contribution in [1.82, 2.24) is 5.43 Å². The number of benzene rings is 3. The molecule has 3 rings (SSSR count).